The molecule has 34 heavy (non-hydrogen) atoms. The van der Waals surface area contributed by atoms with E-state index in [1.54, 1.807) is 36.4 Å². The van der Waals surface area contributed by atoms with Crippen molar-refractivity contribution in [1.82, 2.24) is 15.1 Å². The van der Waals surface area contributed by atoms with Gasteiger partial charge in [0.25, 0.3) is 11.5 Å². The van der Waals surface area contributed by atoms with Crippen molar-refractivity contribution in [2.24, 2.45) is 0 Å². The maximum Gasteiger partial charge on any atom is 0.271 e. The first-order valence-electron chi connectivity index (χ1n) is 10.6. The van der Waals surface area contributed by atoms with Gasteiger partial charge in [-0.2, -0.15) is 4.68 Å². The highest BCUT2D eigenvalue weighted by molar-refractivity contribution is 6.30. The van der Waals surface area contributed by atoms with Gasteiger partial charge in [0.2, 0.25) is 5.88 Å². The predicted molar refractivity (Wildman–Crippen MR) is 133 cm³/mol. The van der Waals surface area contributed by atoms with Crippen LogP contribution in [0.2, 0.25) is 10.0 Å². The second-order valence-corrected chi connectivity index (χ2v) is 8.39. The van der Waals surface area contributed by atoms with Crippen LogP contribution in [-0.4, -0.2) is 22.2 Å². The number of hydrogen-bond donors (Lipinski definition) is 1. The number of halogens is 2. The van der Waals surface area contributed by atoms with E-state index in [0.29, 0.717) is 40.1 Å². The molecule has 1 amide bonds. The summed E-state index contributed by atoms with van der Waals surface area (Å²) in [6.45, 7) is 0.785. The molecule has 0 bridgehead atoms. The van der Waals surface area contributed by atoms with Crippen LogP contribution in [0.3, 0.4) is 0 Å². The minimum absolute atomic E-state index is 0.194. The number of rotatable bonds is 8. The van der Waals surface area contributed by atoms with Crippen molar-refractivity contribution in [3.63, 3.8) is 0 Å². The molecule has 4 aromatic rings. The third kappa shape index (κ3) is 6.25. The van der Waals surface area contributed by atoms with E-state index in [4.69, 9.17) is 27.9 Å². The SMILES string of the molecule is O=C(NCCc1ccc(Cl)cc1)c1ccc(-n2nc(OCc3ccc(Cl)cc3)ccc2=O)cc1. The summed E-state index contributed by atoms with van der Waals surface area (Å²) in [5, 5.41) is 8.51. The number of ether oxygens (including phenoxy) is 1. The average molecular weight is 494 g/mol. The summed E-state index contributed by atoms with van der Waals surface area (Å²) in [4.78, 5) is 24.8. The Balaban J connectivity index is 1.37. The highest BCUT2D eigenvalue weighted by Gasteiger charge is 2.08. The summed E-state index contributed by atoms with van der Waals surface area (Å²) < 4.78 is 6.95. The molecule has 0 unspecified atom stereocenters. The van der Waals surface area contributed by atoms with Crippen molar-refractivity contribution in [1.29, 1.82) is 0 Å². The molecule has 0 radical (unpaired) electrons. The minimum atomic E-state index is -0.306. The Morgan fingerprint density at radius 2 is 1.44 bits per heavy atom. The van der Waals surface area contributed by atoms with Crippen LogP contribution in [0.1, 0.15) is 21.5 Å². The fourth-order valence-electron chi connectivity index (χ4n) is 3.22. The lowest BCUT2D eigenvalue weighted by Gasteiger charge is -2.10. The van der Waals surface area contributed by atoms with E-state index in [-0.39, 0.29) is 18.1 Å². The third-order valence-corrected chi connectivity index (χ3v) is 5.57. The molecule has 1 heterocycles. The summed E-state index contributed by atoms with van der Waals surface area (Å²) in [6.07, 6.45) is 0.698. The van der Waals surface area contributed by atoms with Crippen LogP contribution in [0.15, 0.2) is 89.7 Å². The van der Waals surface area contributed by atoms with Gasteiger partial charge in [0, 0.05) is 34.3 Å². The van der Waals surface area contributed by atoms with Gasteiger partial charge in [-0.15, -0.1) is 5.10 Å². The molecular weight excluding hydrogens is 473 g/mol. The molecule has 0 atom stereocenters. The number of carbonyl (C=O) groups is 1. The highest BCUT2D eigenvalue weighted by atomic mass is 35.5. The molecule has 172 valence electrons. The smallest absolute Gasteiger partial charge is 0.271 e. The highest BCUT2D eigenvalue weighted by Crippen LogP contribution is 2.14. The molecule has 0 aliphatic heterocycles. The Bertz CT molecular complexity index is 1320. The first-order valence-corrected chi connectivity index (χ1v) is 11.3. The summed E-state index contributed by atoms with van der Waals surface area (Å²) in [5.41, 5.74) is 2.72. The number of amides is 1. The van der Waals surface area contributed by atoms with Gasteiger partial charge in [0.05, 0.1) is 5.69 Å². The van der Waals surface area contributed by atoms with Crippen LogP contribution in [0, 0.1) is 0 Å². The fraction of sp³-hybridized carbons (Fsp3) is 0.115. The Morgan fingerprint density at radius 3 is 2.09 bits per heavy atom. The zero-order valence-electron chi connectivity index (χ0n) is 18.1. The number of benzene rings is 3. The molecule has 0 aliphatic rings. The monoisotopic (exact) mass is 493 g/mol. The van der Waals surface area contributed by atoms with Gasteiger partial charge >= 0.3 is 0 Å². The Hall–Kier alpha value is -3.61. The normalized spacial score (nSPS) is 10.6. The Kier molecular flexibility index (Phi) is 7.62. The van der Waals surface area contributed by atoms with Gasteiger partial charge in [-0.3, -0.25) is 9.59 Å². The van der Waals surface area contributed by atoms with Gasteiger partial charge in [-0.1, -0.05) is 47.5 Å². The number of nitrogens with zero attached hydrogens (tertiary/aromatic N) is 2. The maximum atomic E-state index is 12.5. The van der Waals surface area contributed by atoms with E-state index < -0.39 is 0 Å². The van der Waals surface area contributed by atoms with Crippen LogP contribution in [0.25, 0.3) is 5.69 Å². The zero-order chi connectivity index (χ0) is 23.9. The van der Waals surface area contributed by atoms with Gasteiger partial charge < -0.3 is 10.1 Å². The van der Waals surface area contributed by atoms with Gasteiger partial charge in [0.1, 0.15) is 6.61 Å². The summed E-state index contributed by atoms with van der Waals surface area (Å²) in [6, 6.07) is 24.4. The van der Waals surface area contributed by atoms with E-state index in [1.807, 2.05) is 36.4 Å². The van der Waals surface area contributed by atoms with Crippen molar-refractivity contribution in [2.75, 3.05) is 6.54 Å². The first kappa shape index (κ1) is 23.5. The van der Waals surface area contributed by atoms with Gasteiger partial charge in [-0.25, -0.2) is 0 Å². The lowest BCUT2D eigenvalue weighted by Crippen LogP contribution is -2.26. The largest absolute Gasteiger partial charge is 0.472 e. The second kappa shape index (κ2) is 11.0. The molecule has 4 rings (SSSR count). The fourth-order valence-corrected chi connectivity index (χ4v) is 3.47. The first-order chi connectivity index (χ1) is 16.5. The number of nitrogens with one attached hydrogen (secondary N) is 1. The van der Waals surface area contributed by atoms with Crippen LogP contribution in [0.5, 0.6) is 5.88 Å². The zero-order valence-corrected chi connectivity index (χ0v) is 19.6. The van der Waals surface area contributed by atoms with E-state index in [0.717, 1.165) is 11.1 Å². The third-order valence-electron chi connectivity index (χ3n) is 5.06. The summed E-state index contributed by atoms with van der Waals surface area (Å²) in [5.74, 6) is 0.111. The summed E-state index contributed by atoms with van der Waals surface area (Å²) in [7, 11) is 0. The predicted octanol–water partition coefficient (Wildman–Crippen LogP) is 5.09. The molecule has 1 aromatic heterocycles. The van der Waals surface area contributed by atoms with Crippen molar-refractivity contribution in [2.45, 2.75) is 13.0 Å². The van der Waals surface area contributed by atoms with Crippen molar-refractivity contribution in [3.05, 3.63) is 122 Å². The second-order valence-electron chi connectivity index (χ2n) is 7.52. The Labute approximate surface area is 206 Å². The molecule has 3 aromatic carbocycles. The molecule has 0 saturated carbocycles. The van der Waals surface area contributed by atoms with Gasteiger partial charge in [0.15, 0.2) is 0 Å². The van der Waals surface area contributed by atoms with E-state index in [9.17, 15) is 9.59 Å². The topological polar surface area (TPSA) is 73.2 Å². The number of carbonyl (C=O) groups excluding carboxylic acids is 1. The standard InChI is InChI=1S/C26H21Cl2N3O3/c27-21-7-1-18(2-8-21)15-16-29-26(33)20-5-11-23(12-6-20)31-25(32)14-13-24(30-31)34-17-19-3-9-22(28)10-4-19/h1-14H,15-17H2,(H,29,33). The maximum absolute atomic E-state index is 12.5. The van der Waals surface area contributed by atoms with E-state index >= 15 is 0 Å². The molecule has 6 nitrogen and oxygen atoms in total. The number of aromatic nitrogens is 2. The van der Waals surface area contributed by atoms with Crippen molar-refractivity contribution >= 4 is 29.1 Å². The molecule has 0 fully saturated rings. The lowest BCUT2D eigenvalue weighted by molar-refractivity contribution is 0.0954. The molecule has 0 aliphatic carbocycles. The molecule has 1 N–H and O–H groups in total. The lowest BCUT2D eigenvalue weighted by atomic mass is 10.1. The van der Waals surface area contributed by atoms with E-state index in [1.165, 1.54) is 16.8 Å². The van der Waals surface area contributed by atoms with E-state index in [2.05, 4.69) is 10.4 Å². The molecular formula is C26H21Cl2N3O3. The Morgan fingerprint density at radius 1 is 0.824 bits per heavy atom. The molecule has 0 spiro atoms. The average Bonchev–Trinajstić information content (AvgIpc) is 2.86. The molecule has 0 saturated heterocycles. The van der Waals surface area contributed by atoms with Crippen LogP contribution >= 0.6 is 23.2 Å². The molecule has 8 heteroatoms. The van der Waals surface area contributed by atoms with Crippen molar-refractivity contribution < 1.29 is 9.53 Å². The number of hydrogen-bond acceptors (Lipinski definition) is 4. The van der Waals surface area contributed by atoms with Crippen LogP contribution < -0.4 is 15.6 Å². The van der Waals surface area contributed by atoms with Crippen molar-refractivity contribution in [3.8, 4) is 11.6 Å². The van der Waals surface area contributed by atoms with Crippen LogP contribution in [-0.2, 0) is 13.0 Å². The summed E-state index contributed by atoms with van der Waals surface area (Å²) >= 11 is 11.8. The van der Waals surface area contributed by atoms with Crippen LogP contribution in [0.4, 0.5) is 0 Å². The minimum Gasteiger partial charge on any atom is -0.472 e. The quantitative estimate of drug-likeness (QED) is 0.371. The van der Waals surface area contributed by atoms with Gasteiger partial charge in [-0.05, 0) is 66.1 Å².